The topological polar surface area (TPSA) is 83.6 Å². The van der Waals surface area contributed by atoms with Gasteiger partial charge in [-0.2, -0.15) is 0 Å². The largest absolute Gasteiger partial charge is 0.508 e. The molecule has 0 aliphatic heterocycles. The first kappa shape index (κ1) is 11.0. The Morgan fingerprint density at radius 1 is 1.44 bits per heavy atom. The number of carboxylic acids is 1. The molecule has 0 spiro atoms. The number of hydrogen-bond donors (Lipinski definition) is 3. The van der Waals surface area contributed by atoms with Crippen LogP contribution < -0.4 is 5.73 Å². The van der Waals surface area contributed by atoms with Gasteiger partial charge in [0.15, 0.2) is 0 Å². The van der Waals surface area contributed by atoms with Crippen LogP contribution in [-0.2, 0) is 10.2 Å². The average Bonchev–Trinajstić information content (AvgIpc) is 2.99. The second kappa shape index (κ2) is 3.22. The number of aliphatic carboxylic acids is 1. The van der Waals surface area contributed by atoms with Gasteiger partial charge in [0, 0.05) is 11.0 Å². The molecule has 1 atom stereocenters. The van der Waals surface area contributed by atoms with Gasteiger partial charge in [-0.05, 0) is 25.8 Å². The lowest BCUT2D eigenvalue weighted by Crippen LogP contribution is -2.55. The highest BCUT2D eigenvalue weighted by atomic mass is 16.4. The molecule has 4 N–H and O–H groups in total. The Labute approximate surface area is 93.7 Å². The maximum absolute atomic E-state index is 11.2. The molecule has 0 radical (unpaired) electrons. The Bertz CT molecular complexity index is 436. The minimum absolute atomic E-state index is 0.123. The van der Waals surface area contributed by atoms with Gasteiger partial charge in [0.05, 0.1) is 0 Å². The summed E-state index contributed by atoms with van der Waals surface area (Å²) in [4.78, 5) is 11.2. The van der Waals surface area contributed by atoms with Gasteiger partial charge in [0.25, 0.3) is 0 Å². The van der Waals surface area contributed by atoms with Gasteiger partial charge in [-0.3, -0.25) is 4.79 Å². The Balaban J connectivity index is 2.49. The Kier molecular flexibility index (Phi) is 2.20. The van der Waals surface area contributed by atoms with E-state index in [0.29, 0.717) is 18.4 Å². The Hall–Kier alpha value is -1.55. The highest BCUT2D eigenvalue weighted by Gasteiger charge is 2.61. The lowest BCUT2D eigenvalue weighted by Gasteiger charge is -2.31. The molecular formula is C12H15NO3. The van der Waals surface area contributed by atoms with E-state index in [2.05, 4.69) is 0 Å². The Morgan fingerprint density at radius 2 is 2.00 bits per heavy atom. The number of phenolic OH excluding ortho intramolecular Hbond substituents is 1. The minimum Gasteiger partial charge on any atom is -0.508 e. The molecule has 0 aromatic heterocycles. The van der Waals surface area contributed by atoms with Crippen molar-refractivity contribution < 1.29 is 15.0 Å². The van der Waals surface area contributed by atoms with Crippen molar-refractivity contribution in [1.82, 2.24) is 0 Å². The molecule has 1 aliphatic rings. The SMILES string of the molecule is CC(N)(C(=O)O)C1(c2ccccc2O)CC1. The van der Waals surface area contributed by atoms with E-state index in [0.717, 1.165) is 0 Å². The van der Waals surface area contributed by atoms with Crippen LogP contribution in [0.4, 0.5) is 0 Å². The molecule has 1 aromatic rings. The smallest absolute Gasteiger partial charge is 0.324 e. The van der Waals surface area contributed by atoms with E-state index in [1.165, 1.54) is 6.92 Å². The third-order valence-corrected chi connectivity index (χ3v) is 3.61. The van der Waals surface area contributed by atoms with Crippen molar-refractivity contribution in [2.75, 3.05) is 0 Å². The monoisotopic (exact) mass is 221 g/mol. The fraction of sp³-hybridized carbons (Fsp3) is 0.417. The summed E-state index contributed by atoms with van der Waals surface area (Å²) in [5, 5.41) is 18.9. The summed E-state index contributed by atoms with van der Waals surface area (Å²) in [7, 11) is 0. The summed E-state index contributed by atoms with van der Waals surface area (Å²) in [5.74, 6) is -0.911. The van der Waals surface area contributed by atoms with Crippen molar-refractivity contribution in [2.24, 2.45) is 5.73 Å². The molecule has 2 rings (SSSR count). The van der Waals surface area contributed by atoms with Crippen molar-refractivity contribution in [1.29, 1.82) is 0 Å². The highest BCUT2D eigenvalue weighted by Crippen LogP contribution is 2.57. The van der Waals surface area contributed by atoms with Crippen molar-refractivity contribution >= 4 is 5.97 Å². The summed E-state index contributed by atoms with van der Waals surface area (Å²) in [5.41, 5.74) is 4.57. The quantitative estimate of drug-likeness (QED) is 0.716. The second-order valence-corrected chi connectivity index (χ2v) is 4.61. The summed E-state index contributed by atoms with van der Waals surface area (Å²) < 4.78 is 0. The van der Waals surface area contributed by atoms with Crippen molar-refractivity contribution in [3.8, 4) is 5.75 Å². The van der Waals surface area contributed by atoms with Crippen LogP contribution in [0, 0.1) is 0 Å². The van der Waals surface area contributed by atoms with E-state index >= 15 is 0 Å². The first-order valence-electron chi connectivity index (χ1n) is 5.22. The van der Waals surface area contributed by atoms with E-state index in [1.807, 2.05) is 0 Å². The van der Waals surface area contributed by atoms with E-state index in [1.54, 1.807) is 24.3 Å². The van der Waals surface area contributed by atoms with Gasteiger partial charge in [-0.15, -0.1) is 0 Å². The fourth-order valence-electron chi connectivity index (χ4n) is 2.28. The third kappa shape index (κ3) is 1.30. The summed E-state index contributed by atoms with van der Waals surface area (Å²) >= 11 is 0. The third-order valence-electron chi connectivity index (χ3n) is 3.61. The standard InChI is InChI=1S/C12H15NO3/c1-11(13,10(15)16)12(6-7-12)8-4-2-3-5-9(8)14/h2-5,14H,6-7,13H2,1H3,(H,15,16). The minimum atomic E-state index is -1.34. The van der Waals surface area contributed by atoms with Crippen LogP contribution in [-0.4, -0.2) is 21.7 Å². The molecule has 16 heavy (non-hydrogen) atoms. The van der Waals surface area contributed by atoms with Crippen LogP contribution in [0.2, 0.25) is 0 Å². The molecule has 1 aliphatic carbocycles. The lowest BCUT2D eigenvalue weighted by molar-refractivity contribution is -0.144. The molecule has 4 heteroatoms. The van der Waals surface area contributed by atoms with E-state index in [4.69, 9.17) is 10.8 Å². The van der Waals surface area contributed by atoms with Gasteiger partial charge in [0.1, 0.15) is 11.3 Å². The lowest BCUT2D eigenvalue weighted by atomic mass is 9.77. The van der Waals surface area contributed by atoms with Crippen LogP contribution >= 0.6 is 0 Å². The van der Waals surface area contributed by atoms with Crippen LogP contribution in [0.3, 0.4) is 0 Å². The van der Waals surface area contributed by atoms with E-state index in [9.17, 15) is 9.90 Å². The molecule has 1 saturated carbocycles. The first-order chi connectivity index (χ1) is 7.42. The van der Waals surface area contributed by atoms with Crippen LogP contribution in [0.5, 0.6) is 5.75 Å². The zero-order valence-electron chi connectivity index (χ0n) is 9.10. The highest BCUT2D eigenvalue weighted by molar-refractivity contribution is 5.82. The summed E-state index contributed by atoms with van der Waals surface area (Å²) in [6.45, 7) is 1.51. The number of nitrogens with two attached hydrogens (primary N) is 1. The maximum Gasteiger partial charge on any atom is 0.324 e. The number of carboxylic acid groups (broad SMARTS) is 1. The zero-order valence-corrected chi connectivity index (χ0v) is 9.10. The number of carbonyl (C=O) groups is 1. The van der Waals surface area contributed by atoms with Crippen LogP contribution in [0.1, 0.15) is 25.3 Å². The zero-order chi connectivity index (χ0) is 12.0. The van der Waals surface area contributed by atoms with Gasteiger partial charge in [-0.1, -0.05) is 18.2 Å². The molecular weight excluding hydrogens is 206 g/mol. The number of phenols is 1. The molecule has 1 aromatic carbocycles. The molecule has 1 fully saturated rings. The van der Waals surface area contributed by atoms with Gasteiger partial charge in [0.2, 0.25) is 0 Å². The fourth-order valence-corrected chi connectivity index (χ4v) is 2.28. The predicted molar refractivity (Wildman–Crippen MR) is 59.2 cm³/mol. The number of benzene rings is 1. The molecule has 86 valence electrons. The van der Waals surface area contributed by atoms with Crippen molar-refractivity contribution in [3.63, 3.8) is 0 Å². The molecule has 0 amide bonds. The van der Waals surface area contributed by atoms with Crippen molar-refractivity contribution in [3.05, 3.63) is 29.8 Å². The molecule has 1 unspecified atom stereocenters. The van der Waals surface area contributed by atoms with Gasteiger partial charge < -0.3 is 15.9 Å². The number of hydrogen-bond acceptors (Lipinski definition) is 3. The molecule has 4 nitrogen and oxygen atoms in total. The molecule has 0 heterocycles. The summed E-state index contributed by atoms with van der Waals surface area (Å²) in [6.07, 6.45) is 1.40. The number of rotatable bonds is 3. The normalized spacial score (nSPS) is 21.1. The Morgan fingerprint density at radius 3 is 2.44 bits per heavy atom. The van der Waals surface area contributed by atoms with Crippen molar-refractivity contribution in [2.45, 2.75) is 30.7 Å². The molecule has 0 bridgehead atoms. The van der Waals surface area contributed by atoms with Crippen LogP contribution in [0.15, 0.2) is 24.3 Å². The van der Waals surface area contributed by atoms with Crippen LogP contribution in [0.25, 0.3) is 0 Å². The second-order valence-electron chi connectivity index (χ2n) is 4.61. The maximum atomic E-state index is 11.2. The average molecular weight is 221 g/mol. The number of aromatic hydroxyl groups is 1. The molecule has 0 saturated heterocycles. The van der Waals surface area contributed by atoms with Gasteiger partial charge >= 0.3 is 5.97 Å². The van der Waals surface area contributed by atoms with E-state index < -0.39 is 16.9 Å². The summed E-state index contributed by atoms with van der Waals surface area (Å²) in [6, 6.07) is 6.81. The van der Waals surface area contributed by atoms with E-state index in [-0.39, 0.29) is 5.75 Å². The predicted octanol–water partition coefficient (Wildman–Crippen LogP) is 1.23. The van der Waals surface area contributed by atoms with Gasteiger partial charge in [-0.25, -0.2) is 0 Å². The first-order valence-corrected chi connectivity index (χ1v) is 5.22. The number of para-hydroxylation sites is 1.